The van der Waals surface area contributed by atoms with Crippen LogP contribution in [0.25, 0.3) is 0 Å². The van der Waals surface area contributed by atoms with Crippen LogP contribution in [0, 0.1) is 5.92 Å². The average molecular weight is 380 g/mol. The van der Waals surface area contributed by atoms with Crippen molar-refractivity contribution in [1.82, 2.24) is 0 Å². The zero-order chi connectivity index (χ0) is 20.3. The van der Waals surface area contributed by atoms with E-state index in [1.807, 2.05) is 0 Å². The van der Waals surface area contributed by atoms with Gasteiger partial charge >= 0.3 is 5.97 Å². The maximum atomic E-state index is 12.6. The van der Waals surface area contributed by atoms with Crippen LogP contribution in [0.15, 0.2) is 48.5 Å². The fourth-order valence-electron chi connectivity index (χ4n) is 3.11. The lowest BCUT2D eigenvalue weighted by atomic mass is 10.1. The summed E-state index contributed by atoms with van der Waals surface area (Å²) in [4.78, 5) is 49.7. The Hall–Kier alpha value is -3.48. The van der Waals surface area contributed by atoms with Crippen LogP contribution in [0.2, 0.25) is 0 Å². The van der Waals surface area contributed by atoms with Crippen molar-refractivity contribution in [1.29, 1.82) is 0 Å². The minimum absolute atomic E-state index is 0.0762. The van der Waals surface area contributed by atoms with Gasteiger partial charge in [0.15, 0.2) is 5.78 Å². The molecular weight excluding hydrogens is 360 g/mol. The molecule has 1 heterocycles. The first kappa shape index (κ1) is 19.3. The van der Waals surface area contributed by atoms with Crippen molar-refractivity contribution in [3.05, 3.63) is 59.7 Å². The van der Waals surface area contributed by atoms with Gasteiger partial charge < -0.3 is 15.0 Å². The molecule has 0 aromatic heterocycles. The molecule has 1 saturated heterocycles. The Morgan fingerprint density at radius 1 is 1.07 bits per heavy atom. The topological polar surface area (TPSA) is 92.8 Å². The first-order chi connectivity index (χ1) is 13.4. The molecule has 28 heavy (non-hydrogen) atoms. The number of ether oxygens (including phenoxy) is 1. The molecule has 1 atom stereocenters. The number of benzene rings is 2. The molecule has 1 unspecified atom stereocenters. The molecule has 1 aliphatic heterocycles. The second-order valence-electron chi connectivity index (χ2n) is 6.57. The molecular formula is C21H20N2O5. The summed E-state index contributed by atoms with van der Waals surface area (Å²) >= 11 is 0. The maximum Gasteiger partial charge on any atom is 0.337 e. The Labute approximate surface area is 162 Å². The molecule has 1 fully saturated rings. The highest BCUT2D eigenvalue weighted by molar-refractivity contribution is 6.04. The number of ketones is 1. The number of rotatable bonds is 5. The largest absolute Gasteiger partial charge is 0.465 e. The predicted octanol–water partition coefficient (Wildman–Crippen LogP) is 2.67. The van der Waals surface area contributed by atoms with Crippen LogP contribution in [0.1, 0.15) is 34.1 Å². The third kappa shape index (κ3) is 4.09. The SMILES string of the molecule is COC(=O)c1cccc(NC(=O)C2CC(=O)N(c3cccc(C(C)=O)c3)C2)c1. The number of carbonyl (C=O) groups excluding carboxylic acids is 4. The molecule has 144 valence electrons. The van der Waals surface area contributed by atoms with Crippen molar-refractivity contribution in [3.8, 4) is 0 Å². The quantitative estimate of drug-likeness (QED) is 0.636. The average Bonchev–Trinajstić information content (AvgIpc) is 3.09. The number of nitrogens with zero attached hydrogens (tertiary/aromatic N) is 1. The van der Waals surface area contributed by atoms with Crippen LogP contribution < -0.4 is 10.2 Å². The second-order valence-corrected chi connectivity index (χ2v) is 6.57. The summed E-state index contributed by atoms with van der Waals surface area (Å²) in [5.41, 5.74) is 1.89. The highest BCUT2D eigenvalue weighted by Crippen LogP contribution is 2.27. The van der Waals surface area contributed by atoms with Gasteiger partial charge in [-0.2, -0.15) is 0 Å². The number of carbonyl (C=O) groups is 4. The number of hydrogen-bond donors (Lipinski definition) is 1. The van der Waals surface area contributed by atoms with E-state index in [0.29, 0.717) is 22.5 Å². The fraction of sp³-hybridized carbons (Fsp3) is 0.238. The molecule has 2 amide bonds. The van der Waals surface area contributed by atoms with E-state index in [2.05, 4.69) is 10.1 Å². The lowest BCUT2D eigenvalue weighted by molar-refractivity contribution is -0.122. The number of anilines is 2. The Morgan fingerprint density at radius 2 is 1.79 bits per heavy atom. The van der Waals surface area contributed by atoms with E-state index in [4.69, 9.17) is 0 Å². The van der Waals surface area contributed by atoms with E-state index < -0.39 is 11.9 Å². The zero-order valence-electron chi connectivity index (χ0n) is 15.6. The van der Waals surface area contributed by atoms with Crippen LogP contribution in [-0.4, -0.2) is 37.2 Å². The van der Waals surface area contributed by atoms with Gasteiger partial charge in [-0.25, -0.2) is 4.79 Å². The van der Waals surface area contributed by atoms with E-state index in [1.165, 1.54) is 25.0 Å². The number of Topliss-reactive ketones (excluding diaryl/α,β-unsaturated/α-hetero) is 1. The molecule has 0 bridgehead atoms. The Morgan fingerprint density at radius 3 is 2.50 bits per heavy atom. The lowest BCUT2D eigenvalue weighted by Gasteiger charge is -2.17. The Bertz CT molecular complexity index is 953. The van der Waals surface area contributed by atoms with Crippen molar-refractivity contribution in [3.63, 3.8) is 0 Å². The van der Waals surface area contributed by atoms with Crippen molar-refractivity contribution in [2.45, 2.75) is 13.3 Å². The summed E-state index contributed by atoms with van der Waals surface area (Å²) in [6.45, 7) is 1.69. The van der Waals surface area contributed by atoms with Gasteiger partial charge in [0.1, 0.15) is 0 Å². The highest BCUT2D eigenvalue weighted by atomic mass is 16.5. The minimum Gasteiger partial charge on any atom is -0.465 e. The molecule has 0 radical (unpaired) electrons. The summed E-state index contributed by atoms with van der Waals surface area (Å²) in [7, 11) is 1.29. The first-order valence-electron chi connectivity index (χ1n) is 8.79. The van der Waals surface area contributed by atoms with Gasteiger partial charge in [-0.3, -0.25) is 14.4 Å². The molecule has 2 aromatic rings. The maximum absolute atomic E-state index is 12.6. The number of nitrogens with one attached hydrogen (secondary N) is 1. The fourth-order valence-corrected chi connectivity index (χ4v) is 3.11. The van der Waals surface area contributed by atoms with Crippen LogP contribution in [0.3, 0.4) is 0 Å². The summed E-state index contributed by atoms with van der Waals surface area (Å²) in [5.74, 6) is -1.60. The van der Waals surface area contributed by atoms with E-state index >= 15 is 0 Å². The number of amides is 2. The number of hydrogen-bond acceptors (Lipinski definition) is 5. The van der Waals surface area contributed by atoms with Gasteiger partial charge in [0.2, 0.25) is 11.8 Å². The van der Waals surface area contributed by atoms with Gasteiger partial charge in [0.05, 0.1) is 18.6 Å². The summed E-state index contributed by atoms with van der Waals surface area (Å²) in [6, 6.07) is 13.2. The molecule has 1 N–H and O–H groups in total. The van der Waals surface area contributed by atoms with E-state index in [9.17, 15) is 19.2 Å². The molecule has 0 saturated carbocycles. The van der Waals surface area contributed by atoms with E-state index in [1.54, 1.807) is 42.5 Å². The molecule has 2 aromatic carbocycles. The zero-order valence-corrected chi connectivity index (χ0v) is 15.6. The van der Waals surface area contributed by atoms with E-state index in [0.717, 1.165) is 0 Å². The summed E-state index contributed by atoms with van der Waals surface area (Å²) < 4.78 is 4.67. The van der Waals surface area contributed by atoms with Crippen molar-refractivity contribution in [2.24, 2.45) is 5.92 Å². The Kier molecular flexibility index (Phi) is 5.54. The molecule has 7 nitrogen and oxygen atoms in total. The number of methoxy groups -OCH3 is 1. The number of esters is 1. The van der Waals surface area contributed by atoms with Crippen molar-refractivity contribution in [2.75, 3.05) is 23.9 Å². The highest BCUT2D eigenvalue weighted by Gasteiger charge is 2.35. The molecule has 0 aliphatic carbocycles. The molecule has 0 spiro atoms. The van der Waals surface area contributed by atoms with Gasteiger partial charge in [0.25, 0.3) is 0 Å². The Balaban J connectivity index is 1.71. The van der Waals surface area contributed by atoms with Gasteiger partial charge in [-0.1, -0.05) is 18.2 Å². The lowest BCUT2D eigenvalue weighted by Crippen LogP contribution is -2.28. The van der Waals surface area contributed by atoms with Crippen LogP contribution in [0.4, 0.5) is 11.4 Å². The standard InChI is InChI=1S/C21H20N2O5/c1-13(24)14-5-4-8-18(10-14)23-12-16(11-19(23)25)20(26)22-17-7-3-6-15(9-17)21(27)28-2/h3-10,16H,11-12H2,1-2H3,(H,22,26). The van der Waals surface area contributed by atoms with E-state index in [-0.39, 0.29) is 30.6 Å². The molecule has 3 rings (SSSR count). The predicted molar refractivity (Wildman–Crippen MR) is 103 cm³/mol. The normalized spacial score (nSPS) is 16.0. The van der Waals surface area contributed by atoms with Crippen molar-refractivity contribution < 1.29 is 23.9 Å². The van der Waals surface area contributed by atoms with Crippen LogP contribution in [-0.2, 0) is 14.3 Å². The second kappa shape index (κ2) is 8.04. The smallest absolute Gasteiger partial charge is 0.337 e. The van der Waals surface area contributed by atoms with Gasteiger partial charge in [-0.05, 0) is 37.3 Å². The van der Waals surface area contributed by atoms with Gasteiger partial charge in [-0.15, -0.1) is 0 Å². The molecule has 7 heteroatoms. The molecule has 1 aliphatic rings. The van der Waals surface area contributed by atoms with Crippen LogP contribution in [0.5, 0.6) is 0 Å². The van der Waals surface area contributed by atoms with Crippen LogP contribution >= 0.6 is 0 Å². The summed E-state index contributed by atoms with van der Waals surface area (Å²) in [6.07, 6.45) is 0.0762. The monoisotopic (exact) mass is 380 g/mol. The third-order valence-electron chi connectivity index (χ3n) is 4.61. The van der Waals surface area contributed by atoms with Crippen molar-refractivity contribution >= 4 is 34.9 Å². The first-order valence-corrected chi connectivity index (χ1v) is 8.79. The van der Waals surface area contributed by atoms with Gasteiger partial charge in [0, 0.05) is 29.9 Å². The minimum atomic E-state index is -0.532. The summed E-state index contributed by atoms with van der Waals surface area (Å²) in [5, 5.41) is 2.75. The third-order valence-corrected chi connectivity index (χ3v) is 4.61.